The molecule has 1 aliphatic carbocycles. The van der Waals surface area contributed by atoms with Gasteiger partial charge in [0.15, 0.2) is 5.13 Å². The van der Waals surface area contributed by atoms with Crippen LogP contribution >= 0.6 is 11.3 Å². The first-order valence-corrected chi connectivity index (χ1v) is 12.1. The molecule has 2 atom stereocenters. The summed E-state index contributed by atoms with van der Waals surface area (Å²) in [5.41, 5.74) is 2.99. The molecule has 0 radical (unpaired) electrons. The van der Waals surface area contributed by atoms with Crippen LogP contribution in [0.4, 0.5) is 15.6 Å². The Kier molecular flexibility index (Phi) is 5.65. The zero-order valence-electron chi connectivity index (χ0n) is 18.6. The zero-order valence-corrected chi connectivity index (χ0v) is 19.4. The summed E-state index contributed by atoms with van der Waals surface area (Å²) >= 11 is 1.40. The number of hydrogen-bond acceptors (Lipinski definition) is 6. The van der Waals surface area contributed by atoms with Gasteiger partial charge in [-0.05, 0) is 49.4 Å². The van der Waals surface area contributed by atoms with Crippen molar-refractivity contribution >= 4 is 44.4 Å². The molecule has 2 aliphatic rings. The molecule has 2 N–H and O–H groups in total. The van der Waals surface area contributed by atoms with Crippen molar-refractivity contribution in [3.8, 4) is 17.0 Å². The van der Waals surface area contributed by atoms with E-state index in [9.17, 15) is 14.7 Å². The number of nitrogens with zero attached hydrogens (tertiary/aromatic N) is 3. The average molecular weight is 467 g/mol. The molecule has 0 bridgehead atoms. The molecule has 1 aromatic carbocycles. The Morgan fingerprint density at radius 3 is 2.70 bits per heavy atom. The van der Waals surface area contributed by atoms with Crippen molar-refractivity contribution in [1.29, 1.82) is 0 Å². The number of fused-ring (bicyclic) bond motifs is 2. The van der Waals surface area contributed by atoms with E-state index in [1.807, 2.05) is 31.2 Å². The van der Waals surface area contributed by atoms with Crippen LogP contribution in [0.25, 0.3) is 21.3 Å². The minimum absolute atomic E-state index is 0.163. The smallest absolute Gasteiger partial charge is 0.412 e. The summed E-state index contributed by atoms with van der Waals surface area (Å²) in [5.74, 6) is 0.471. The number of anilines is 2. The molecule has 33 heavy (non-hydrogen) atoms. The van der Waals surface area contributed by atoms with Gasteiger partial charge >= 0.3 is 6.09 Å². The van der Waals surface area contributed by atoms with Crippen molar-refractivity contribution in [2.45, 2.75) is 58.1 Å². The fraction of sp³-hybridized carbons (Fsp3) is 0.417. The van der Waals surface area contributed by atoms with E-state index in [-0.39, 0.29) is 24.0 Å². The zero-order chi connectivity index (χ0) is 23.1. The second kappa shape index (κ2) is 8.62. The van der Waals surface area contributed by atoms with Crippen molar-refractivity contribution in [3.63, 3.8) is 0 Å². The standard InChI is InChI=1S/C24H26N4O4S/c1-13-21(15-6-4-3-5-7-15)28(24(30)31)19-10-17(12-25-22(19)32-13)16-8-9-18-20(11-16)33-23(27-18)26-14(2)29/h8-13,15,21H,3-7H2,1-2H3,(H,30,31)(H,26,27,29). The molecular weight excluding hydrogens is 440 g/mol. The van der Waals surface area contributed by atoms with Crippen LogP contribution in [-0.2, 0) is 4.79 Å². The molecule has 5 rings (SSSR count). The lowest BCUT2D eigenvalue weighted by atomic mass is 9.80. The number of amides is 2. The van der Waals surface area contributed by atoms with Crippen LogP contribution in [-0.4, -0.2) is 39.2 Å². The predicted molar refractivity (Wildman–Crippen MR) is 128 cm³/mol. The van der Waals surface area contributed by atoms with Gasteiger partial charge < -0.3 is 15.2 Å². The van der Waals surface area contributed by atoms with Crippen LogP contribution in [0.2, 0.25) is 0 Å². The van der Waals surface area contributed by atoms with Crippen molar-refractivity contribution in [3.05, 3.63) is 30.5 Å². The fourth-order valence-corrected chi connectivity index (χ4v) is 6.04. The van der Waals surface area contributed by atoms with E-state index >= 15 is 0 Å². The summed E-state index contributed by atoms with van der Waals surface area (Å²) in [6.45, 7) is 3.39. The number of pyridine rings is 1. The molecular formula is C24H26N4O4S. The van der Waals surface area contributed by atoms with E-state index in [4.69, 9.17) is 4.74 Å². The summed E-state index contributed by atoms with van der Waals surface area (Å²) in [5, 5.41) is 13.5. The van der Waals surface area contributed by atoms with Gasteiger partial charge in [-0.3, -0.25) is 9.69 Å². The third-order valence-corrected chi connectivity index (χ3v) is 7.45. The number of benzene rings is 1. The number of nitrogens with one attached hydrogen (secondary N) is 1. The third kappa shape index (κ3) is 4.13. The molecule has 1 saturated carbocycles. The van der Waals surface area contributed by atoms with Crippen LogP contribution < -0.4 is 15.0 Å². The minimum Gasteiger partial charge on any atom is -0.471 e. The number of hydrogen-bond donors (Lipinski definition) is 2. The van der Waals surface area contributed by atoms with Gasteiger partial charge in [0.05, 0.1) is 16.3 Å². The van der Waals surface area contributed by atoms with Crippen molar-refractivity contribution in [1.82, 2.24) is 9.97 Å². The van der Waals surface area contributed by atoms with Gasteiger partial charge in [0.25, 0.3) is 0 Å². The first kappa shape index (κ1) is 21.6. The third-order valence-electron chi connectivity index (χ3n) is 6.51. The number of thiazole rings is 1. The molecule has 172 valence electrons. The lowest BCUT2D eigenvalue weighted by Gasteiger charge is -2.43. The molecule has 2 amide bonds. The Labute approximate surface area is 195 Å². The maximum absolute atomic E-state index is 12.4. The summed E-state index contributed by atoms with van der Waals surface area (Å²) < 4.78 is 7.04. The van der Waals surface area contributed by atoms with Crippen molar-refractivity contribution < 1.29 is 19.4 Å². The first-order chi connectivity index (χ1) is 15.9. The highest BCUT2D eigenvalue weighted by Crippen LogP contribution is 2.42. The van der Waals surface area contributed by atoms with Gasteiger partial charge in [-0.1, -0.05) is 36.7 Å². The molecule has 1 fully saturated rings. The highest BCUT2D eigenvalue weighted by molar-refractivity contribution is 7.22. The van der Waals surface area contributed by atoms with Crippen LogP contribution in [0.3, 0.4) is 0 Å². The second-order valence-corrected chi connectivity index (χ2v) is 9.83. The predicted octanol–water partition coefficient (Wildman–Crippen LogP) is 5.53. The Bertz CT molecular complexity index is 1220. The molecule has 2 aromatic heterocycles. The molecule has 0 spiro atoms. The average Bonchev–Trinajstić information content (AvgIpc) is 3.19. The first-order valence-electron chi connectivity index (χ1n) is 11.3. The lowest BCUT2D eigenvalue weighted by Crippen LogP contribution is -2.55. The number of aromatic nitrogens is 2. The van der Waals surface area contributed by atoms with Gasteiger partial charge in [-0.25, -0.2) is 14.8 Å². The van der Waals surface area contributed by atoms with E-state index in [1.165, 1.54) is 29.6 Å². The lowest BCUT2D eigenvalue weighted by molar-refractivity contribution is -0.114. The summed E-state index contributed by atoms with van der Waals surface area (Å²) in [4.78, 5) is 34.2. The van der Waals surface area contributed by atoms with Gasteiger partial charge in [-0.2, -0.15) is 0 Å². The number of carbonyl (C=O) groups is 2. The Hall–Kier alpha value is -3.20. The number of carboxylic acid groups (broad SMARTS) is 1. The Morgan fingerprint density at radius 1 is 1.18 bits per heavy atom. The Balaban J connectivity index is 1.52. The quantitative estimate of drug-likeness (QED) is 0.526. The van der Waals surface area contributed by atoms with Crippen LogP contribution in [0.1, 0.15) is 46.0 Å². The van der Waals surface area contributed by atoms with Gasteiger partial charge in [0, 0.05) is 18.7 Å². The van der Waals surface area contributed by atoms with E-state index < -0.39 is 6.09 Å². The topological polar surface area (TPSA) is 105 Å². The largest absolute Gasteiger partial charge is 0.471 e. The van der Waals surface area contributed by atoms with Gasteiger partial charge in [0.2, 0.25) is 11.8 Å². The Morgan fingerprint density at radius 2 is 1.97 bits per heavy atom. The number of ether oxygens (including phenoxy) is 1. The molecule has 3 aromatic rings. The molecule has 1 aliphatic heterocycles. The van der Waals surface area contributed by atoms with Crippen LogP contribution in [0, 0.1) is 5.92 Å². The maximum Gasteiger partial charge on any atom is 0.412 e. The number of carbonyl (C=O) groups excluding carboxylic acids is 1. The molecule has 2 unspecified atom stereocenters. The molecule has 9 heteroatoms. The summed E-state index contributed by atoms with van der Waals surface area (Å²) in [6.07, 6.45) is 5.98. The molecule has 0 saturated heterocycles. The fourth-order valence-electron chi connectivity index (χ4n) is 5.09. The van der Waals surface area contributed by atoms with E-state index in [2.05, 4.69) is 15.3 Å². The highest BCUT2D eigenvalue weighted by atomic mass is 32.1. The van der Waals surface area contributed by atoms with E-state index in [0.717, 1.165) is 47.0 Å². The van der Waals surface area contributed by atoms with Crippen molar-refractivity contribution in [2.75, 3.05) is 10.2 Å². The summed E-state index contributed by atoms with van der Waals surface area (Å²) in [6, 6.07) is 7.44. The maximum atomic E-state index is 12.4. The monoisotopic (exact) mass is 466 g/mol. The van der Waals surface area contributed by atoms with Crippen molar-refractivity contribution in [2.24, 2.45) is 5.92 Å². The normalized spacial score (nSPS) is 20.8. The molecule has 3 heterocycles. The molecule has 8 nitrogen and oxygen atoms in total. The van der Waals surface area contributed by atoms with E-state index in [0.29, 0.717) is 16.7 Å². The second-order valence-electron chi connectivity index (χ2n) is 8.80. The summed E-state index contributed by atoms with van der Waals surface area (Å²) in [7, 11) is 0. The van der Waals surface area contributed by atoms with Gasteiger partial charge in [-0.15, -0.1) is 0 Å². The van der Waals surface area contributed by atoms with Crippen LogP contribution in [0.15, 0.2) is 30.5 Å². The SMILES string of the molecule is CC(=O)Nc1nc2ccc(-c3cnc4c(c3)N(C(=O)O)C(C3CCCCC3)C(C)O4)cc2s1. The van der Waals surface area contributed by atoms with Gasteiger partial charge in [0.1, 0.15) is 11.8 Å². The highest BCUT2D eigenvalue weighted by Gasteiger charge is 2.42. The van der Waals surface area contributed by atoms with Crippen LogP contribution in [0.5, 0.6) is 5.88 Å². The minimum atomic E-state index is -0.973. The van der Waals surface area contributed by atoms with E-state index in [1.54, 1.807) is 6.20 Å². The number of rotatable bonds is 3.